The van der Waals surface area contributed by atoms with E-state index in [4.69, 9.17) is 5.73 Å². The van der Waals surface area contributed by atoms with E-state index in [2.05, 4.69) is 33.2 Å². The fourth-order valence-electron chi connectivity index (χ4n) is 3.85. The van der Waals surface area contributed by atoms with Crippen LogP contribution >= 0.6 is 0 Å². The van der Waals surface area contributed by atoms with Crippen LogP contribution in [0.4, 0.5) is 5.82 Å². The first kappa shape index (κ1) is 17.1. The molecule has 132 valence electrons. The van der Waals surface area contributed by atoms with E-state index in [1.165, 1.54) is 0 Å². The Morgan fingerprint density at radius 2 is 2.08 bits per heavy atom. The topological polar surface area (TPSA) is 84.1 Å². The van der Waals surface area contributed by atoms with Gasteiger partial charge in [-0.15, -0.1) is 0 Å². The second kappa shape index (κ2) is 7.92. The summed E-state index contributed by atoms with van der Waals surface area (Å²) in [5.41, 5.74) is 7.14. The monoisotopic (exact) mass is 331 g/mol. The molecule has 1 saturated carbocycles. The Morgan fingerprint density at radius 1 is 1.29 bits per heavy atom. The number of rotatable bonds is 5. The predicted molar refractivity (Wildman–Crippen MR) is 94.7 cm³/mol. The number of anilines is 1. The molecule has 0 bridgehead atoms. The fourth-order valence-corrected chi connectivity index (χ4v) is 3.85. The molecule has 0 aromatic carbocycles. The molecule has 6 nitrogen and oxygen atoms in total. The third-order valence-corrected chi connectivity index (χ3v) is 5.42. The minimum Gasteiger partial charge on any atom is -0.356 e. The van der Waals surface area contributed by atoms with Crippen LogP contribution in [0, 0.1) is 5.92 Å². The Morgan fingerprint density at radius 3 is 2.75 bits per heavy atom. The van der Waals surface area contributed by atoms with Gasteiger partial charge in [0.15, 0.2) is 0 Å². The predicted octanol–water partition coefficient (Wildman–Crippen LogP) is 1.64. The summed E-state index contributed by atoms with van der Waals surface area (Å²) in [7, 11) is 0. The van der Waals surface area contributed by atoms with Gasteiger partial charge in [0.25, 0.3) is 0 Å². The highest BCUT2D eigenvalue weighted by atomic mass is 16.1. The summed E-state index contributed by atoms with van der Waals surface area (Å²) in [6.45, 7) is 3.95. The molecule has 0 spiro atoms. The summed E-state index contributed by atoms with van der Waals surface area (Å²) in [4.78, 5) is 23.2. The van der Waals surface area contributed by atoms with Crippen molar-refractivity contribution >= 4 is 11.7 Å². The zero-order valence-electron chi connectivity index (χ0n) is 14.6. The molecule has 6 heteroatoms. The van der Waals surface area contributed by atoms with E-state index in [1.54, 1.807) is 6.33 Å². The summed E-state index contributed by atoms with van der Waals surface area (Å²) in [6.07, 6.45) is 8.42. The van der Waals surface area contributed by atoms with Crippen LogP contribution in [0.2, 0.25) is 0 Å². The molecule has 1 aromatic heterocycles. The number of nitrogens with zero attached hydrogens (tertiary/aromatic N) is 3. The molecule has 1 saturated heterocycles. The number of nitrogens with two attached hydrogens (primary N) is 1. The van der Waals surface area contributed by atoms with Crippen molar-refractivity contribution in [2.45, 2.75) is 64.0 Å². The Labute approximate surface area is 144 Å². The van der Waals surface area contributed by atoms with Crippen LogP contribution < -0.4 is 16.0 Å². The van der Waals surface area contributed by atoms with Crippen LogP contribution in [0.1, 0.15) is 51.1 Å². The van der Waals surface area contributed by atoms with Gasteiger partial charge in [0.1, 0.15) is 12.1 Å². The highest BCUT2D eigenvalue weighted by Gasteiger charge is 2.27. The van der Waals surface area contributed by atoms with E-state index in [0.29, 0.717) is 12.3 Å². The first-order valence-electron chi connectivity index (χ1n) is 9.26. The summed E-state index contributed by atoms with van der Waals surface area (Å²) in [5.74, 6) is 1.55. The molecule has 2 heterocycles. The van der Waals surface area contributed by atoms with E-state index >= 15 is 0 Å². The lowest BCUT2D eigenvalue weighted by Crippen LogP contribution is -2.45. The summed E-state index contributed by atoms with van der Waals surface area (Å²) in [6, 6.07) is 2.56. The van der Waals surface area contributed by atoms with Gasteiger partial charge in [-0.05, 0) is 38.0 Å². The molecular weight excluding hydrogens is 302 g/mol. The van der Waals surface area contributed by atoms with Gasteiger partial charge in [-0.1, -0.05) is 13.3 Å². The zero-order valence-corrected chi connectivity index (χ0v) is 14.6. The molecule has 24 heavy (non-hydrogen) atoms. The molecule has 3 rings (SSSR count). The van der Waals surface area contributed by atoms with E-state index < -0.39 is 0 Å². The largest absolute Gasteiger partial charge is 0.356 e. The van der Waals surface area contributed by atoms with E-state index in [0.717, 1.165) is 63.1 Å². The molecule has 2 fully saturated rings. The Hall–Kier alpha value is -1.69. The maximum atomic E-state index is 12.2. The lowest BCUT2D eigenvalue weighted by Gasteiger charge is -2.33. The second-order valence-electron chi connectivity index (χ2n) is 7.11. The second-order valence-corrected chi connectivity index (χ2v) is 7.11. The maximum Gasteiger partial charge on any atom is 0.220 e. The third-order valence-electron chi connectivity index (χ3n) is 5.42. The number of carbonyl (C=O) groups is 1. The Kier molecular flexibility index (Phi) is 5.66. The lowest BCUT2D eigenvalue weighted by atomic mass is 9.98. The molecule has 0 unspecified atom stereocenters. The Balaban J connectivity index is 1.45. The van der Waals surface area contributed by atoms with Gasteiger partial charge in [0.2, 0.25) is 5.91 Å². The van der Waals surface area contributed by atoms with Gasteiger partial charge in [0, 0.05) is 43.4 Å². The SMILES string of the molecule is CCc1cc(N2CCC(NC(=O)C[C@@H]3CCC[C@H]3N)CC2)ncn1. The van der Waals surface area contributed by atoms with Crippen molar-refractivity contribution in [3.63, 3.8) is 0 Å². The fraction of sp³-hybridized carbons (Fsp3) is 0.722. The van der Waals surface area contributed by atoms with Gasteiger partial charge >= 0.3 is 0 Å². The van der Waals surface area contributed by atoms with Crippen LogP contribution in [0.3, 0.4) is 0 Å². The maximum absolute atomic E-state index is 12.2. The molecule has 1 aliphatic heterocycles. The molecule has 1 aliphatic carbocycles. The van der Waals surface area contributed by atoms with Crippen LogP contribution in [0.25, 0.3) is 0 Å². The molecular formula is C18H29N5O. The van der Waals surface area contributed by atoms with Crippen molar-refractivity contribution in [3.8, 4) is 0 Å². The summed E-state index contributed by atoms with van der Waals surface area (Å²) in [5, 5.41) is 3.21. The lowest BCUT2D eigenvalue weighted by molar-refractivity contribution is -0.122. The average Bonchev–Trinajstić information content (AvgIpc) is 3.00. The molecule has 0 radical (unpaired) electrons. The van der Waals surface area contributed by atoms with E-state index in [-0.39, 0.29) is 18.0 Å². The van der Waals surface area contributed by atoms with Crippen molar-refractivity contribution < 1.29 is 4.79 Å². The number of amides is 1. The minimum absolute atomic E-state index is 0.172. The number of aryl methyl sites for hydroxylation is 1. The Bertz CT molecular complexity index is 556. The summed E-state index contributed by atoms with van der Waals surface area (Å²) < 4.78 is 0. The highest BCUT2D eigenvalue weighted by molar-refractivity contribution is 5.76. The molecule has 1 aromatic rings. The number of aromatic nitrogens is 2. The molecule has 2 aliphatic rings. The highest BCUT2D eigenvalue weighted by Crippen LogP contribution is 2.27. The number of hydrogen-bond acceptors (Lipinski definition) is 5. The van der Waals surface area contributed by atoms with Crippen LogP contribution in [0.15, 0.2) is 12.4 Å². The molecule has 3 N–H and O–H groups in total. The van der Waals surface area contributed by atoms with Crippen LogP contribution in [0.5, 0.6) is 0 Å². The van der Waals surface area contributed by atoms with Gasteiger partial charge in [-0.25, -0.2) is 9.97 Å². The van der Waals surface area contributed by atoms with Gasteiger partial charge in [-0.2, -0.15) is 0 Å². The first-order chi connectivity index (χ1) is 11.7. The van der Waals surface area contributed by atoms with Crippen molar-refractivity contribution in [2.75, 3.05) is 18.0 Å². The summed E-state index contributed by atoms with van der Waals surface area (Å²) >= 11 is 0. The smallest absolute Gasteiger partial charge is 0.220 e. The van der Waals surface area contributed by atoms with E-state index in [1.807, 2.05) is 0 Å². The number of hydrogen-bond donors (Lipinski definition) is 2. The third kappa shape index (κ3) is 4.23. The quantitative estimate of drug-likeness (QED) is 0.857. The number of piperidine rings is 1. The number of nitrogens with one attached hydrogen (secondary N) is 1. The van der Waals surface area contributed by atoms with Crippen molar-refractivity contribution in [1.29, 1.82) is 0 Å². The minimum atomic E-state index is 0.172. The van der Waals surface area contributed by atoms with Crippen molar-refractivity contribution in [1.82, 2.24) is 15.3 Å². The first-order valence-corrected chi connectivity index (χ1v) is 9.26. The van der Waals surface area contributed by atoms with Gasteiger partial charge in [0.05, 0.1) is 0 Å². The van der Waals surface area contributed by atoms with Gasteiger partial charge < -0.3 is 16.0 Å². The van der Waals surface area contributed by atoms with Gasteiger partial charge in [-0.3, -0.25) is 4.79 Å². The van der Waals surface area contributed by atoms with Crippen LogP contribution in [-0.4, -0.2) is 41.0 Å². The number of carbonyl (C=O) groups excluding carboxylic acids is 1. The molecule has 2 atom stereocenters. The van der Waals surface area contributed by atoms with Crippen molar-refractivity contribution in [2.24, 2.45) is 11.7 Å². The standard InChI is InChI=1S/C18H29N5O/c1-2-14-11-17(21-12-20-14)23-8-6-15(7-9-23)22-18(24)10-13-4-3-5-16(13)19/h11-13,15-16H,2-10,19H2,1H3,(H,22,24)/t13-,16+/m0/s1. The molecule has 1 amide bonds. The zero-order chi connectivity index (χ0) is 16.9. The van der Waals surface area contributed by atoms with Crippen molar-refractivity contribution in [3.05, 3.63) is 18.1 Å². The average molecular weight is 331 g/mol. The normalized spacial score (nSPS) is 25.0. The van der Waals surface area contributed by atoms with E-state index in [9.17, 15) is 4.79 Å². The van der Waals surface area contributed by atoms with Crippen LogP contribution in [-0.2, 0) is 11.2 Å².